The molecule has 0 atom stereocenters. The minimum atomic E-state index is 0.312. The highest BCUT2D eigenvalue weighted by Gasteiger charge is 1.80. The molecule has 0 saturated carbocycles. The summed E-state index contributed by atoms with van der Waals surface area (Å²) in [5.74, 6) is 0. The Morgan fingerprint density at radius 2 is 2.11 bits per heavy atom. The van der Waals surface area contributed by atoms with E-state index in [1.54, 1.807) is 6.20 Å². The van der Waals surface area contributed by atoms with Crippen molar-refractivity contribution in [2.45, 2.75) is 33.2 Å². The Balaban J connectivity index is 3.35. The molecule has 2 nitrogen and oxygen atoms in total. The lowest BCUT2D eigenvalue weighted by Crippen LogP contribution is -1.83. The Hall–Kier alpha value is -0.660. The number of azo groups is 1. The molecule has 0 aromatic carbocycles. The molecule has 0 bridgehead atoms. The van der Waals surface area contributed by atoms with Gasteiger partial charge in [-0.2, -0.15) is 10.2 Å². The fraction of sp³-hybridized carbons (Fsp3) is 0.714. The second kappa shape index (κ2) is 5.48. The first-order chi connectivity index (χ1) is 4.27. The predicted molar refractivity (Wildman–Crippen MR) is 39.4 cm³/mol. The third kappa shape index (κ3) is 7.34. The van der Waals surface area contributed by atoms with E-state index in [1.165, 1.54) is 0 Å². The largest absolute Gasteiger partial charge is 0.187 e. The van der Waals surface area contributed by atoms with Crippen molar-refractivity contribution in [1.29, 1.82) is 0 Å². The number of allylic oxidation sites excluding steroid dienone is 1. The Morgan fingerprint density at radius 1 is 1.44 bits per heavy atom. The highest BCUT2D eigenvalue weighted by Crippen LogP contribution is 1.88. The fourth-order valence-corrected chi connectivity index (χ4v) is 0.324. The highest BCUT2D eigenvalue weighted by atomic mass is 15.1. The van der Waals surface area contributed by atoms with Gasteiger partial charge in [-0.05, 0) is 20.3 Å². The van der Waals surface area contributed by atoms with Crippen LogP contribution in [-0.4, -0.2) is 6.04 Å². The molecule has 0 heterocycles. The lowest BCUT2D eigenvalue weighted by atomic mass is 10.4. The van der Waals surface area contributed by atoms with Crippen LogP contribution in [0.1, 0.15) is 27.2 Å². The summed E-state index contributed by atoms with van der Waals surface area (Å²) >= 11 is 0. The van der Waals surface area contributed by atoms with Crippen molar-refractivity contribution in [3.05, 3.63) is 12.3 Å². The maximum Gasteiger partial charge on any atom is 0.0656 e. The topological polar surface area (TPSA) is 24.7 Å². The lowest BCUT2D eigenvalue weighted by molar-refractivity contribution is 0.776. The smallest absolute Gasteiger partial charge is 0.0656 e. The SMILES string of the molecule is CC/C=C\N=N\C(C)C. The third-order valence-electron chi connectivity index (χ3n) is 0.705. The fourth-order valence-electron chi connectivity index (χ4n) is 0.324. The van der Waals surface area contributed by atoms with E-state index in [-0.39, 0.29) is 0 Å². The summed E-state index contributed by atoms with van der Waals surface area (Å²) in [5, 5.41) is 7.71. The molecule has 0 aromatic heterocycles. The van der Waals surface area contributed by atoms with Crippen LogP contribution in [0, 0.1) is 0 Å². The zero-order chi connectivity index (χ0) is 7.11. The zero-order valence-electron chi connectivity index (χ0n) is 6.33. The van der Waals surface area contributed by atoms with Crippen LogP contribution >= 0.6 is 0 Å². The molecule has 0 aliphatic rings. The molecule has 0 aromatic rings. The molecule has 0 spiro atoms. The summed E-state index contributed by atoms with van der Waals surface area (Å²) in [4.78, 5) is 0. The predicted octanol–water partition coefficient (Wildman–Crippen LogP) is 2.77. The van der Waals surface area contributed by atoms with Crippen LogP contribution in [-0.2, 0) is 0 Å². The minimum absolute atomic E-state index is 0.312. The van der Waals surface area contributed by atoms with Crippen molar-refractivity contribution < 1.29 is 0 Å². The van der Waals surface area contributed by atoms with E-state index >= 15 is 0 Å². The standard InChI is InChI=1S/C7H14N2/c1-4-5-6-8-9-7(2)3/h5-7H,4H2,1-3H3/b6-5-,9-8+. The van der Waals surface area contributed by atoms with Crippen molar-refractivity contribution in [3.8, 4) is 0 Å². The van der Waals surface area contributed by atoms with Crippen LogP contribution in [0.15, 0.2) is 22.5 Å². The Morgan fingerprint density at radius 3 is 2.56 bits per heavy atom. The molecular weight excluding hydrogens is 112 g/mol. The van der Waals surface area contributed by atoms with Gasteiger partial charge in [-0.25, -0.2) is 0 Å². The van der Waals surface area contributed by atoms with Crippen LogP contribution in [0.3, 0.4) is 0 Å². The molecule has 52 valence electrons. The normalized spacial score (nSPS) is 12.4. The van der Waals surface area contributed by atoms with E-state index in [4.69, 9.17) is 0 Å². The molecule has 2 heteroatoms. The van der Waals surface area contributed by atoms with Gasteiger partial charge in [-0.1, -0.05) is 13.0 Å². The number of rotatable bonds is 3. The van der Waals surface area contributed by atoms with Gasteiger partial charge in [-0.15, -0.1) is 0 Å². The van der Waals surface area contributed by atoms with Gasteiger partial charge in [0.2, 0.25) is 0 Å². The molecule has 0 fully saturated rings. The highest BCUT2D eigenvalue weighted by molar-refractivity contribution is 4.75. The summed E-state index contributed by atoms with van der Waals surface area (Å²) < 4.78 is 0. The maximum absolute atomic E-state index is 3.90. The lowest BCUT2D eigenvalue weighted by Gasteiger charge is -1.87. The molecule has 0 unspecified atom stereocenters. The van der Waals surface area contributed by atoms with Crippen LogP contribution in [0.4, 0.5) is 0 Å². The number of nitrogens with zero attached hydrogens (tertiary/aromatic N) is 2. The van der Waals surface area contributed by atoms with Crippen molar-refractivity contribution in [2.24, 2.45) is 10.2 Å². The van der Waals surface area contributed by atoms with Gasteiger partial charge in [0.15, 0.2) is 0 Å². The molecule has 0 amide bonds. The summed E-state index contributed by atoms with van der Waals surface area (Å²) in [6, 6.07) is 0.312. The van der Waals surface area contributed by atoms with Crippen LogP contribution < -0.4 is 0 Å². The first-order valence-electron chi connectivity index (χ1n) is 3.32. The molecule has 0 aliphatic carbocycles. The van der Waals surface area contributed by atoms with Crippen LogP contribution in [0.5, 0.6) is 0 Å². The van der Waals surface area contributed by atoms with E-state index in [1.807, 2.05) is 19.9 Å². The van der Waals surface area contributed by atoms with Gasteiger partial charge >= 0.3 is 0 Å². The number of hydrogen-bond donors (Lipinski definition) is 0. The van der Waals surface area contributed by atoms with E-state index in [9.17, 15) is 0 Å². The van der Waals surface area contributed by atoms with Crippen molar-refractivity contribution in [1.82, 2.24) is 0 Å². The van der Waals surface area contributed by atoms with E-state index in [0.29, 0.717) is 6.04 Å². The van der Waals surface area contributed by atoms with Crippen LogP contribution in [0.2, 0.25) is 0 Å². The second-order valence-electron chi connectivity index (χ2n) is 2.12. The Kier molecular flexibility index (Phi) is 5.07. The molecule has 0 aliphatic heterocycles. The third-order valence-corrected chi connectivity index (χ3v) is 0.705. The average molecular weight is 126 g/mol. The van der Waals surface area contributed by atoms with Gasteiger partial charge in [0, 0.05) is 6.20 Å². The molecule has 0 radical (unpaired) electrons. The molecule has 0 rings (SSSR count). The summed E-state index contributed by atoms with van der Waals surface area (Å²) in [7, 11) is 0. The van der Waals surface area contributed by atoms with Gasteiger partial charge in [0.25, 0.3) is 0 Å². The van der Waals surface area contributed by atoms with Crippen molar-refractivity contribution in [3.63, 3.8) is 0 Å². The van der Waals surface area contributed by atoms with Crippen LogP contribution in [0.25, 0.3) is 0 Å². The quantitative estimate of drug-likeness (QED) is 0.519. The second-order valence-corrected chi connectivity index (χ2v) is 2.12. The first kappa shape index (κ1) is 8.34. The van der Waals surface area contributed by atoms with Gasteiger partial charge < -0.3 is 0 Å². The van der Waals surface area contributed by atoms with E-state index < -0.39 is 0 Å². The molecule has 0 saturated heterocycles. The van der Waals surface area contributed by atoms with Gasteiger partial charge in [0.1, 0.15) is 0 Å². The monoisotopic (exact) mass is 126 g/mol. The molecular formula is C7H14N2. The number of hydrogen-bond acceptors (Lipinski definition) is 2. The van der Waals surface area contributed by atoms with Gasteiger partial charge in [0.05, 0.1) is 6.04 Å². The van der Waals surface area contributed by atoms with Crippen molar-refractivity contribution >= 4 is 0 Å². The average Bonchev–Trinajstić information content (AvgIpc) is 1.80. The van der Waals surface area contributed by atoms with Crippen molar-refractivity contribution in [2.75, 3.05) is 0 Å². The molecule has 9 heavy (non-hydrogen) atoms. The summed E-state index contributed by atoms with van der Waals surface area (Å²) in [6.07, 6.45) is 4.74. The van der Waals surface area contributed by atoms with E-state index in [2.05, 4.69) is 17.2 Å². The first-order valence-corrected chi connectivity index (χ1v) is 3.32. The zero-order valence-corrected chi connectivity index (χ0v) is 6.33. The maximum atomic E-state index is 3.90. The Bertz CT molecular complexity index is 103. The summed E-state index contributed by atoms with van der Waals surface area (Å²) in [5.41, 5.74) is 0. The Labute approximate surface area is 56.7 Å². The van der Waals surface area contributed by atoms with Gasteiger partial charge in [-0.3, -0.25) is 0 Å². The minimum Gasteiger partial charge on any atom is -0.187 e. The molecule has 0 N–H and O–H groups in total. The summed E-state index contributed by atoms with van der Waals surface area (Å²) in [6.45, 7) is 6.08. The van der Waals surface area contributed by atoms with E-state index in [0.717, 1.165) is 6.42 Å².